The molecule has 0 radical (unpaired) electrons. The Kier molecular flexibility index (Phi) is 11.1. The lowest BCUT2D eigenvalue weighted by Gasteiger charge is -2.33. The minimum absolute atomic E-state index is 0.124. The fourth-order valence-electron chi connectivity index (χ4n) is 6.77. The maximum Gasteiger partial charge on any atom is 0.329 e. The van der Waals surface area contributed by atoms with E-state index < -0.39 is 16.1 Å². The summed E-state index contributed by atoms with van der Waals surface area (Å²) >= 11 is 0. The lowest BCUT2D eigenvalue weighted by molar-refractivity contribution is 0.0724. The van der Waals surface area contributed by atoms with Gasteiger partial charge in [0.2, 0.25) is 10.0 Å². The highest BCUT2D eigenvalue weighted by atomic mass is 32.2. The third-order valence-electron chi connectivity index (χ3n) is 9.31. The third-order valence-corrected chi connectivity index (χ3v) is 11.2. The van der Waals surface area contributed by atoms with Gasteiger partial charge in [0, 0.05) is 63.5 Å². The summed E-state index contributed by atoms with van der Waals surface area (Å²) < 4.78 is 32.1. The Bertz CT molecular complexity index is 1890. The molecule has 4 aromatic rings. The highest BCUT2D eigenvalue weighted by Crippen LogP contribution is 2.33. The fraction of sp³-hybridized carbons (Fsp3) is 0.378. The van der Waals surface area contributed by atoms with Crippen LogP contribution in [0.25, 0.3) is 11.3 Å². The van der Waals surface area contributed by atoms with E-state index in [1.807, 2.05) is 48.5 Å². The molecule has 2 N–H and O–H groups in total. The maximum atomic E-state index is 14.6. The number of piperidine rings is 1. The molecule has 1 atom stereocenters. The summed E-state index contributed by atoms with van der Waals surface area (Å²) in [6, 6.07) is 26.5. The Morgan fingerprint density at radius 1 is 0.816 bits per heavy atom. The summed E-state index contributed by atoms with van der Waals surface area (Å²) in [5.74, 6) is -0.322. The lowest BCUT2D eigenvalue weighted by atomic mass is 10.0. The van der Waals surface area contributed by atoms with Gasteiger partial charge in [-0.15, -0.1) is 0 Å². The highest BCUT2D eigenvalue weighted by Gasteiger charge is 2.36. The van der Waals surface area contributed by atoms with Gasteiger partial charge in [0.05, 0.1) is 16.6 Å². The van der Waals surface area contributed by atoms with Crippen LogP contribution in [0.4, 0.5) is 0 Å². The first-order valence-corrected chi connectivity index (χ1v) is 18.6. The first kappa shape index (κ1) is 34.3. The summed E-state index contributed by atoms with van der Waals surface area (Å²) in [4.78, 5) is 43.4. The molecule has 2 fully saturated rings. The van der Waals surface area contributed by atoms with Gasteiger partial charge in [0.25, 0.3) is 11.8 Å². The molecule has 0 spiro atoms. The Morgan fingerprint density at radius 3 is 2.16 bits per heavy atom. The predicted octanol–water partition coefficient (Wildman–Crippen LogP) is 3.99. The standard InChI is InChI=1S/C37H44N6O5S/c44-35(30-16-7-2-8-17-30)39-21-11-4-12-25-42-34(36(45)40-26-22-38-23-27-40)33(29-14-5-1-6-15-29)43(37(42)46)31-18-13-24-41(28-31)49(47,48)32-19-9-3-10-20-32/h1-3,5-10,14-17,19-20,31,38H,4,11-13,18,21-28H2,(H,39,44). The van der Waals surface area contributed by atoms with Crippen LogP contribution in [0.5, 0.6) is 0 Å². The molecule has 2 aliphatic heterocycles. The van der Waals surface area contributed by atoms with Crippen LogP contribution < -0.4 is 16.3 Å². The zero-order valence-corrected chi connectivity index (χ0v) is 28.5. The molecular weight excluding hydrogens is 641 g/mol. The minimum Gasteiger partial charge on any atom is -0.352 e. The Balaban J connectivity index is 1.30. The normalized spacial score (nSPS) is 17.1. The van der Waals surface area contributed by atoms with E-state index in [0.717, 1.165) is 18.4 Å². The molecule has 6 rings (SSSR count). The van der Waals surface area contributed by atoms with Crippen molar-refractivity contribution in [1.29, 1.82) is 0 Å². The number of nitrogens with zero attached hydrogens (tertiary/aromatic N) is 4. The maximum absolute atomic E-state index is 14.6. The minimum atomic E-state index is -3.78. The van der Waals surface area contributed by atoms with Crippen LogP contribution in [0.2, 0.25) is 0 Å². The largest absolute Gasteiger partial charge is 0.352 e. The van der Waals surface area contributed by atoms with Gasteiger partial charge < -0.3 is 15.5 Å². The van der Waals surface area contributed by atoms with E-state index in [1.54, 1.807) is 56.5 Å². The summed E-state index contributed by atoms with van der Waals surface area (Å²) in [5.41, 5.74) is 1.92. The topological polar surface area (TPSA) is 126 Å². The highest BCUT2D eigenvalue weighted by molar-refractivity contribution is 7.89. The summed E-state index contributed by atoms with van der Waals surface area (Å²) in [6.07, 6.45) is 3.27. The molecule has 11 nitrogen and oxygen atoms in total. The van der Waals surface area contributed by atoms with Crippen LogP contribution in [0.15, 0.2) is 101 Å². The van der Waals surface area contributed by atoms with Gasteiger partial charge in [-0.2, -0.15) is 4.31 Å². The first-order valence-electron chi connectivity index (χ1n) is 17.1. The Labute approximate surface area is 287 Å². The third kappa shape index (κ3) is 7.71. The number of hydrogen-bond acceptors (Lipinski definition) is 6. The number of sulfonamides is 1. The van der Waals surface area contributed by atoms with Gasteiger partial charge in [0.15, 0.2) is 0 Å². The fourth-order valence-corrected chi connectivity index (χ4v) is 8.31. The van der Waals surface area contributed by atoms with Crippen molar-refractivity contribution in [3.8, 4) is 11.3 Å². The number of hydrogen-bond donors (Lipinski definition) is 2. The van der Waals surface area contributed by atoms with E-state index in [-0.39, 0.29) is 28.9 Å². The zero-order valence-electron chi connectivity index (χ0n) is 27.7. The second-order valence-corrected chi connectivity index (χ2v) is 14.5. The van der Waals surface area contributed by atoms with E-state index in [9.17, 15) is 22.8 Å². The summed E-state index contributed by atoms with van der Waals surface area (Å²) in [5, 5.41) is 6.25. The van der Waals surface area contributed by atoms with Crippen molar-refractivity contribution >= 4 is 21.8 Å². The number of imidazole rings is 1. The summed E-state index contributed by atoms with van der Waals surface area (Å²) in [6.45, 7) is 3.70. The van der Waals surface area contributed by atoms with E-state index in [0.29, 0.717) is 82.0 Å². The van der Waals surface area contributed by atoms with Crippen molar-refractivity contribution in [3.63, 3.8) is 0 Å². The number of nitrogens with one attached hydrogen (secondary N) is 2. The smallest absolute Gasteiger partial charge is 0.329 e. The van der Waals surface area contributed by atoms with E-state index in [1.165, 1.54) is 4.31 Å². The van der Waals surface area contributed by atoms with Crippen molar-refractivity contribution in [2.45, 2.75) is 49.6 Å². The lowest BCUT2D eigenvalue weighted by Crippen LogP contribution is -2.47. The second-order valence-electron chi connectivity index (χ2n) is 12.6. The average molecular weight is 685 g/mol. The predicted molar refractivity (Wildman–Crippen MR) is 189 cm³/mol. The van der Waals surface area contributed by atoms with Gasteiger partial charge in [-0.3, -0.25) is 18.7 Å². The van der Waals surface area contributed by atoms with Crippen LogP contribution in [0, 0.1) is 0 Å². The molecule has 3 aromatic carbocycles. The first-order chi connectivity index (χ1) is 23.9. The molecule has 12 heteroatoms. The number of benzene rings is 3. The van der Waals surface area contributed by atoms with Crippen LogP contribution in [0.1, 0.15) is 59.0 Å². The molecule has 3 heterocycles. The molecule has 258 valence electrons. The Morgan fingerprint density at radius 2 is 1.47 bits per heavy atom. The van der Waals surface area contributed by atoms with Gasteiger partial charge >= 0.3 is 5.69 Å². The van der Waals surface area contributed by atoms with Gasteiger partial charge in [-0.1, -0.05) is 66.7 Å². The molecule has 1 aromatic heterocycles. The van der Waals surface area contributed by atoms with Crippen molar-refractivity contribution in [3.05, 3.63) is 113 Å². The summed E-state index contributed by atoms with van der Waals surface area (Å²) in [7, 11) is -3.78. The van der Waals surface area contributed by atoms with E-state index in [4.69, 9.17) is 0 Å². The molecule has 49 heavy (non-hydrogen) atoms. The molecule has 2 saturated heterocycles. The molecule has 2 aliphatic rings. The van der Waals surface area contributed by atoms with E-state index in [2.05, 4.69) is 10.6 Å². The quantitative estimate of drug-likeness (QED) is 0.218. The van der Waals surface area contributed by atoms with Gasteiger partial charge in [-0.25, -0.2) is 13.2 Å². The molecule has 1 unspecified atom stereocenters. The van der Waals surface area contributed by atoms with Crippen LogP contribution in [-0.4, -0.2) is 84.4 Å². The second kappa shape index (κ2) is 15.8. The van der Waals surface area contributed by atoms with Crippen LogP contribution in [0.3, 0.4) is 0 Å². The van der Waals surface area contributed by atoms with Crippen LogP contribution >= 0.6 is 0 Å². The van der Waals surface area contributed by atoms with Crippen molar-refractivity contribution in [1.82, 2.24) is 29.0 Å². The molecule has 0 bridgehead atoms. The molecule has 2 amide bonds. The number of carbonyl (C=O) groups excluding carboxylic acids is 2. The van der Waals surface area contributed by atoms with Crippen molar-refractivity contribution in [2.75, 3.05) is 45.8 Å². The SMILES string of the molecule is O=C(NCCCCCn1c(C(=O)N2CCNCC2)c(-c2ccccc2)n(C2CCCN(S(=O)(=O)c3ccccc3)C2)c1=O)c1ccccc1. The molecule has 0 saturated carbocycles. The van der Waals surface area contributed by atoms with Crippen molar-refractivity contribution in [2.24, 2.45) is 0 Å². The number of amides is 2. The average Bonchev–Trinajstić information content (AvgIpc) is 3.45. The van der Waals surface area contributed by atoms with E-state index >= 15 is 0 Å². The van der Waals surface area contributed by atoms with Crippen molar-refractivity contribution < 1.29 is 18.0 Å². The van der Waals surface area contributed by atoms with Crippen LogP contribution in [-0.2, 0) is 16.6 Å². The molecular formula is C37H44N6O5S. The number of unbranched alkanes of at least 4 members (excludes halogenated alkanes) is 2. The number of carbonyl (C=O) groups is 2. The van der Waals surface area contributed by atoms with Gasteiger partial charge in [-0.05, 0) is 56.4 Å². The van der Waals surface area contributed by atoms with Gasteiger partial charge in [0.1, 0.15) is 5.69 Å². The number of piperazine rings is 1. The molecule has 0 aliphatic carbocycles. The monoisotopic (exact) mass is 684 g/mol. The Hall–Kier alpha value is -4.52. The number of aromatic nitrogens is 2. The zero-order chi connectivity index (χ0) is 34.2. The number of rotatable bonds is 12.